The van der Waals surface area contributed by atoms with Crippen molar-refractivity contribution in [2.75, 3.05) is 30.3 Å². The van der Waals surface area contributed by atoms with Crippen molar-refractivity contribution in [2.45, 2.75) is 44.7 Å². The predicted molar refractivity (Wildman–Crippen MR) is 82.4 cm³/mol. The summed E-state index contributed by atoms with van der Waals surface area (Å²) in [6.07, 6.45) is 6.78. The largest absolute Gasteiger partial charge is 0.364 e. The van der Waals surface area contributed by atoms with Crippen LogP contribution in [0.15, 0.2) is 6.20 Å². The molecule has 0 saturated carbocycles. The van der Waals surface area contributed by atoms with Crippen molar-refractivity contribution in [1.82, 2.24) is 14.9 Å². The van der Waals surface area contributed by atoms with Crippen LogP contribution in [0.4, 0.5) is 11.8 Å². The zero-order valence-corrected chi connectivity index (χ0v) is 12.7. The van der Waals surface area contributed by atoms with E-state index in [0.29, 0.717) is 23.1 Å². The molecule has 2 atom stereocenters. The summed E-state index contributed by atoms with van der Waals surface area (Å²) in [5.41, 5.74) is 0. The summed E-state index contributed by atoms with van der Waals surface area (Å²) >= 11 is 6.22. The van der Waals surface area contributed by atoms with Gasteiger partial charge in [-0.1, -0.05) is 18.0 Å². The van der Waals surface area contributed by atoms with Crippen molar-refractivity contribution in [2.24, 2.45) is 0 Å². The number of nitrogens with one attached hydrogen (secondary N) is 2. The fraction of sp³-hybridized carbons (Fsp3) is 0.714. The van der Waals surface area contributed by atoms with E-state index in [2.05, 4.69) is 25.5 Å². The van der Waals surface area contributed by atoms with Crippen LogP contribution >= 0.6 is 11.6 Å². The molecule has 0 aromatic carbocycles. The Bertz CT molecular complexity index is 467. The van der Waals surface area contributed by atoms with Gasteiger partial charge < -0.3 is 10.6 Å². The van der Waals surface area contributed by atoms with Crippen molar-refractivity contribution in [3.8, 4) is 0 Å². The molecular formula is C14H22ClN5. The number of anilines is 2. The molecule has 0 bridgehead atoms. The van der Waals surface area contributed by atoms with Crippen LogP contribution in [0.25, 0.3) is 0 Å². The lowest BCUT2D eigenvalue weighted by molar-refractivity contribution is 0.192. The molecule has 0 spiro atoms. The highest BCUT2D eigenvalue weighted by Crippen LogP contribution is 2.30. The van der Waals surface area contributed by atoms with Crippen LogP contribution in [-0.4, -0.2) is 46.6 Å². The first-order valence-electron chi connectivity index (χ1n) is 7.55. The van der Waals surface area contributed by atoms with Gasteiger partial charge in [0, 0.05) is 25.2 Å². The molecule has 2 unspecified atom stereocenters. The average Bonchev–Trinajstić information content (AvgIpc) is 2.86. The average molecular weight is 296 g/mol. The summed E-state index contributed by atoms with van der Waals surface area (Å²) in [6, 6.07) is 1.09. The number of aromatic nitrogens is 2. The molecule has 2 saturated heterocycles. The summed E-state index contributed by atoms with van der Waals surface area (Å²) in [5.74, 6) is 1.40. The second-order valence-electron chi connectivity index (χ2n) is 5.56. The van der Waals surface area contributed by atoms with Crippen molar-refractivity contribution < 1.29 is 0 Å². The molecule has 20 heavy (non-hydrogen) atoms. The smallest absolute Gasteiger partial charge is 0.224 e. The van der Waals surface area contributed by atoms with Gasteiger partial charge in [-0.3, -0.25) is 4.90 Å². The highest BCUT2D eigenvalue weighted by atomic mass is 35.5. The Kier molecular flexibility index (Phi) is 4.27. The normalized spacial score (nSPS) is 26.3. The van der Waals surface area contributed by atoms with E-state index in [1.54, 1.807) is 6.20 Å². The third-order valence-electron chi connectivity index (χ3n) is 4.26. The lowest BCUT2D eigenvalue weighted by Gasteiger charge is -2.32. The van der Waals surface area contributed by atoms with Gasteiger partial charge in [-0.05, 0) is 32.7 Å². The minimum absolute atomic E-state index is 0.456. The Morgan fingerprint density at radius 3 is 3.10 bits per heavy atom. The Labute approximate surface area is 125 Å². The molecule has 2 fully saturated rings. The number of rotatable bonds is 4. The minimum Gasteiger partial charge on any atom is -0.364 e. The molecule has 1 aromatic rings. The van der Waals surface area contributed by atoms with Crippen LogP contribution in [-0.2, 0) is 0 Å². The molecule has 1 aromatic heterocycles. The summed E-state index contributed by atoms with van der Waals surface area (Å²) in [4.78, 5) is 11.3. The molecular weight excluding hydrogens is 274 g/mol. The molecule has 0 radical (unpaired) electrons. The van der Waals surface area contributed by atoms with Crippen molar-refractivity contribution in [1.29, 1.82) is 0 Å². The number of hydrogen-bond acceptors (Lipinski definition) is 5. The second kappa shape index (κ2) is 6.14. The number of nitrogens with zero attached hydrogens (tertiary/aromatic N) is 3. The van der Waals surface area contributed by atoms with Crippen LogP contribution in [0.3, 0.4) is 0 Å². The molecule has 0 aliphatic carbocycles. The van der Waals surface area contributed by atoms with Crippen LogP contribution in [0.2, 0.25) is 5.02 Å². The lowest BCUT2D eigenvalue weighted by Crippen LogP contribution is -2.41. The monoisotopic (exact) mass is 295 g/mol. The Morgan fingerprint density at radius 1 is 1.35 bits per heavy atom. The zero-order valence-electron chi connectivity index (χ0n) is 11.9. The minimum atomic E-state index is 0.456. The molecule has 2 aliphatic rings. The Morgan fingerprint density at radius 2 is 2.25 bits per heavy atom. The van der Waals surface area contributed by atoms with Gasteiger partial charge in [0.2, 0.25) is 5.95 Å². The summed E-state index contributed by atoms with van der Waals surface area (Å²) < 4.78 is 0. The van der Waals surface area contributed by atoms with Crippen LogP contribution in [0.1, 0.15) is 32.6 Å². The van der Waals surface area contributed by atoms with E-state index in [9.17, 15) is 0 Å². The molecule has 3 heterocycles. The van der Waals surface area contributed by atoms with E-state index in [1.165, 1.54) is 38.8 Å². The fourth-order valence-corrected chi connectivity index (χ4v) is 3.45. The van der Waals surface area contributed by atoms with E-state index in [1.807, 2.05) is 6.92 Å². The fourth-order valence-electron chi connectivity index (χ4n) is 3.30. The zero-order chi connectivity index (χ0) is 13.9. The first-order chi connectivity index (χ1) is 9.78. The van der Waals surface area contributed by atoms with Crippen LogP contribution < -0.4 is 10.6 Å². The molecule has 0 amide bonds. The summed E-state index contributed by atoms with van der Waals surface area (Å²) in [7, 11) is 0. The Hall–Kier alpha value is -1.07. The quantitative estimate of drug-likeness (QED) is 0.894. The molecule has 2 aliphatic heterocycles. The summed E-state index contributed by atoms with van der Waals surface area (Å²) in [6.45, 7) is 5.26. The third-order valence-corrected chi connectivity index (χ3v) is 4.53. The van der Waals surface area contributed by atoms with Gasteiger partial charge in [0.15, 0.2) is 5.82 Å². The standard InChI is InChI=1S/C14H22ClN5/c1-2-16-14-17-9-10(15)13(19-14)18-11-6-8-20-7-4-3-5-12(11)20/h9,11-12H,2-8H2,1H3,(H2,16,17,18,19). The highest BCUT2D eigenvalue weighted by Gasteiger charge is 2.35. The van der Waals surface area contributed by atoms with Gasteiger partial charge in [0.05, 0.1) is 6.20 Å². The highest BCUT2D eigenvalue weighted by molar-refractivity contribution is 6.32. The van der Waals surface area contributed by atoms with Gasteiger partial charge in [-0.2, -0.15) is 4.98 Å². The maximum absolute atomic E-state index is 6.22. The Balaban J connectivity index is 1.72. The number of hydrogen-bond donors (Lipinski definition) is 2. The molecule has 6 heteroatoms. The van der Waals surface area contributed by atoms with Crippen LogP contribution in [0.5, 0.6) is 0 Å². The topological polar surface area (TPSA) is 53.1 Å². The SMILES string of the molecule is CCNc1ncc(Cl)c(NC2CCN3CCCCC23)n1. The van der Waals surface area contributed by atoms with E-state index >= 15 is 0 Å². The molecule has 3 rings (SSSR count). The van der Waals surface area contributed by atoms with Gasteiger partial charge in [-0.25, -0.2) is 4.98 Å². The molecule has 5 nitrogen and oxygen atoms in total. The van der Waals surface area contributed by atoms with Crippen molar-refractivity contribution in [3.63, 3.8) is 0 Å². The first kappa shape index (κ1) is 13.9. The molecule has 110 valence electrons. The first-order valence-corrected chi connectivity index (χ1v) is 7.92. The molecule has 2 N–H and O–H groups in total. The van der Waals surface area contributed by atoms with Crippen LogP contribution in [0, 0.1) is 0 Å². The van der Waals surface area contributed by atoms with Gasteiger partial charge in [0.25, 0.3) is 0 Å². The van der Waals surface area contributed by atoms with E-state index < -0.39 is 0 Å². The van der Waals surface area contributed by atoms with Crippen molar-refractivity contribution in [3.05, 3.63) is 11.2 Å². The van der Waals surface area contributed by atoms with Gasteiger partial charge >= 0.3 is 0 Å². The van der Waals surface area contributed by atoms with E-state index in [0.717, 1.165) is 12.4 Å². The number of piperidine rings is 1. The van der Waals surface area contributed by atoms with Gasteiger partial charge in [0.1, 0.15) is 5.02 Å². The predicted octanol–water partition coefficient (Wildman–Crippen LogP) is 2.60. The maximum Gasteiger partial charge on any atom is 0.224 e. The number of halogens is 1. The number of fused-ring (bicyclic) bond motifs is 1. The third kappa shape index (κ3) is 2.83. The lowest BCUT2D eigenvalue weighted by atomic mass is 9.99. The summed E-state index contributed by atoms with van der Waals surface area (Å²) in [5, 5.41) is 7.27. The van der Waals surface area contributed by atoms with E-state index in [-0.39, 0.29) is 0 Å². The van der Waals surface area contributed by atoms with Crippen molar-refractivity contribution >= 4 is 23.4 Å². The van der Waals surface area contributed by atoms with Gasteiger partial charge in [-0.15, -0.1) is 0 Å². The van der Waals surface area contributed by atoms with E-state index in [4.69, 9.17) is 11.6 Å². The second-order valence-corrected chi connectivity index (χ2v) is 5.97. The maximum atomic E-state index is 6.22.